The fourth-order valence-electron chi connectivity index (χ4n) is 1.73. The van der Waals surface area contributed by atoms with Gasteiger partial charge in [-0.3, -0.25) is 0 Å². The molecule has 1 aromatic carbocycles. The van der Waals surface area contributed by atoms with E-state index in [2.05, 4.69) is 9.46 Å². The van der Waals surface area contributed by atoms with Crippen molar-refractivity contribution >= 4 is 16.0 Å². The molecule has 112 valence electrons. The predicted molar refractivity (Wildman–Crippen MR) is 75.3 cm³/mol. The second-order valence-corrected chi connectivity index (χ2v) is 6.06. The number of hydrogen-bond acceptors (Lipinski definition) is 5. The van der Waals surface area contributed by atoms with E-state index in [1.807, 2.05) is 31.2 Å². The number of hydrogen-bond donors (Lipinski definition) is 1. The highest BCUT2D eigenvalue weighted by molar-refractivity contribution is 7.89. The van der Waals surface area contributed by atoms with Gasteiger partial charge in [0.05, 0.1) is 7.11 Å². The highest BCUT2D eigenvalue weighted by atomic mass is 32.2. The molecule has 1 aromatic heterocycles. The van der Waals surface area contributed by atoms with Crippen LogP contribution in [0.15, 0.2) is 45.9 Å². The van der Waals surface area contributed by atoms with Gasteiger partial charge < -0.3 is 9.15 Å². The second-order valence-electron chi connectivity index (χ2n) is 4.36. The highest BCUT2D eigenvalue weighted by Crippen LogP contribution is 2.15. The molecule has 21 heavy (non-hydrogen) atoms. The standard InChI is InChI=1S/C14H15NO5S/c1-10-5-3-4-6-11(10)9-15-21(17,18)13-8-7-12(20-13)14(16)19-2/h3-8,15H,9H2,1-2H3. The van der Waals surface area contributed by atoms with Gasteiger partial charge in [0, 0.05) is 6.54 Å². The van der Waals surface area contributed by atoms with Crippen LogP contribution < -0.4 is 4.72 Å². The Hall–Kier alpha value is -2.12. The van der Waals surface area contributed by atoms with Crippen LogP contribution >= 0.6 is 0 Å². The maximum Gasteiger partial charge on any atom is 0.374 e. The van der Waals surface area contributed by atoms with E-state index < -0.39 is 16.0 Å². The van der Waals surface area contributed by atoms with Crippen LogP contribution in [0.1, 0.15) is 21.7 Å². The minimum atomic E-state index is -3.82. The van der Waals surface area contributed by atoms with Crippen LogP contribution in [0.25, 0.3) is 0 Å². The van der Waals surface area contributed by atoms with E-state index in [1.165, 1.54) is 19.2 Å². The Balaban J connectivity index is 2.14. The van der Waals surface area contributed by atoms with Crippen LogP contribution in [0.3, 0.4) is 0 Å². The summed E-state index contributed by atoms with van der Waals surface area (Å²) in [5.41, 5.74) is 1.84. The summed E-state index contributed by atoms with van der Waals surface area (Å²) in [4.78, 5) is 11.2. The third-order valence-corrected chi connectivity index (χ3v) is 4.22. The van der Waals surface area contributed by atoms with Gasteiger partial charge in [-0.1, -0.05) is 24.3 Å². The number of nitrogens with one attached hydrogen (secondary N) is 1. The fraction of sp³-hybridized carbons (Fsp3) is 0.214. The zero-order chi connectivity index (χ0) is 15.5. The van der Waals surface area contributed by atoms with Crippen molar-refractivity contribution in [2.75, 3.05) is 7.11 Å². The summed E-state index contributed by atoms with van der Waals surface area (Å²) in [6.45, 7) is 2.04. The molecule has 0 fully saturated rings. The molecule has 0 saturated heterocycles. The second kappa shape index (κ2) is 6.11. The average Bonchev–Trinajstić information content (AvgIpc) is 2.96. The van der Waals surface area contributed by atoms with Crippen molar-refractivity contribution in [3.8, 4) is 0 Å². The zero-order valence-corrected chi connectivity index (χ0v) is 12.4. The van der Waals surface area contributed by atoms with Crippen LogP contribution in [0.2, 0.25) is 0 Å². The molecule has 0 unspecified atom stereocenters. The summed E-state index contributed by atoms with van der Waals surface area (Å²) in [5.74, 6) is -0.885. The van der Waals surface area contributed by atoms with E-state index in [-0.39, 0.29) is 17.4 Å². The number of benzene rings is 1. The van der Waals surface area contributed by atoms with Crippen molar-refractivity contribution < 1.29 is 22.4 Å². The third kappa shape index (κ3) is 3.50. The van der Waals surface area contributed by atoms with Gasteiger partial charge in [0.2, 0.25) is 10.9 Å². The Bertz CT molecular complexity index is 748. The van der Waals surface area contributed by atoms with Gasteiger partial charge in [-0.25, -0.2) is 17.9 Å². The molecule has 2 aromatic rings. The summed E-state index contributed by atoms with van der Waals surface area (Å²) in [5, 5.41) is -0.323. The molecule has 0 aliphatic rings. The summed E-state index contributed by atoms with van der Waals surface area (Å²) < 4.78 is 36.1. The van der Waals surface area contributed by atoms with Crippen LogP contribution in [0, 0.1) is 6.92 Å². The lowest BCUT2D eigenvalue weighted by molar-refractivity contribution is 0.0559. The first-order valence-electron chi connectivity index (χ1n) is 6.16. The van der Waals surface area contributed by atoms with E-state index in [9.17, 15) is 13.2 Å². The molecule has 0 bridgehead atoms. The Labute approximate surface area is 122 Å². The highest BCUT2D eigenvalue weighted by Gasteiger charge is 2.21. The SMILES string of the molecule is COC(=O)c1ccc(S(=O)(=O)NCc2ccccc2C)o1. The Morgan fingerprint density at radius 2 is 1.95 bits per heavy atom. The van der Waals surface area contributed by atoms with Crippen LogP contribution in [-0.4, -0.2) is 21.5 Å². The number of esters is 1. The molecule has 0 radical (unpaired) electrons. The van der Waals surface area contributed by atoms with E-state index >= 15 is 0 Å². The Kier molecular flexibility index (Phi) is 4.44. The van der Waals surface area contributed by atoms with Crippen molar-refractivity contribution in [2.24, 2.45) is 0 Å². The molecule has 7 heteroatoms. The van der Waals surface area contributed by atoms with Gasteiger partial charge >= 0.3 is 5.97 Å². The molecule has 1 N–H and O–H groups in total. The first-order valence-corrected chi connectivity index (χ1v) is 7.64. The molecule has 6 nitrogen and oxygen atoms in total. The summed E-state index contributed by atoms with van der Waals surface area (Å²) in [6, 6.07) is 9.91. The van der Waals surface area contributed by atoms with Crippen molar-refractivity contribution in [2.45, 2.75) is 18.6 Å². The van der Waals surface area contributed by atoms with Crippen molar-refractivity contribution in [3.05, 3.63) is 53.3 Å². The Morgan fingerprint density at radius 3 is 2.62 bits per heavy atom. The number of aryl methyl sites for hydroxylation is 1. The Morgan fingerprint density at radius 1 is 1.24 bits per heavy atom. The lowest BCUT2D eigenvalue weighted by Crippen LogP contribution is -2.23. The van der Waals surface area contributed by atoms with E-state index in [0.29, 0.717) is 0 Å². The van der Waals surface area contributed by atoms with Crippen molar-refractivity contribution in [3.63, 3.8) is 0 Å². The average molecular weight is 309 g/mol. The first-order chi connectivity index (χ1) is 9.94. The molecule has 0 atom stereocenters. The summed E-state index contributed by atoms with van der Waals surface area (Å²) >= 11 is 0. The van der Waals surface area contributed by atoms with Crippen LogP contribution in [0.5, 0.6) is 0 Å². The van der Waals surface area contributed by atoms with Gasteiger partial charge in [-0.2, -0.15) is 0 Å². The molecule has 0 aliphatic carbocycles. The third-order valence-electron chi connectivity index (χ3n) is 2.95. The number of sulfonamides is 1. The quantitative estimate of drug-likeness (QED) is 0.852. The molecule has 0 aliphatic heterocycles. The molecule has 1 heterocycles. The van der Waals surface area contributed by atoms with Gasteiger partial charge in [0.25, 0.3) is 10.0 Å². The van der Waals surface area contributed by atoms with Gasteiger partial charge in [0.15, 0.2) is 0 Å². The topological polar surface area (TPSA) is 85.6 Å². The smallest absolute Gasteiger partial charge is 0.374 e. The molecule has 2 rings (SSSR count). The zero-order valence-electron chi connectivity index (χ0n) is 11.6. The van der Waals surface area contributed by atoms with Crippen LogP contribution in [-0.2, 0) is 21.3 Å². The minimum absolute atomic E-state index is 0.142. The molecule has 0 amide bonds. The maximum absolute atomic E-state index is 12.1. The fourth-order valence-corrected chi connectivity index (χ4v) is 2.66. The number of ether oxygens (including phenoxy) is 1. The number of carbonyl (C=O) groups is 1. The minimum Gasteiger partial charge on any atom is -0.463 e. The summed E-state index contributed by atoms with van der Waals surface area (Å²) in [6.07, 6.45) is 0. The van der Waals surface area contributed by atoms with Crippen molar-refractivity contribution in [1.82, 2.24) is 4.72 Å². The maximum atomic E-state index is 12.1. The van der Waals surface area contributed by atoms with Gasteiger partial charge in [0.1, 0.15) is 0 Å². The number of methoxy groups -OCH3 is 1. The predicted octanol–water partition coefficient (Wildman–Crippen LogP) is 1.85. The van der Waals surface area contributed by atoms with Gasteiger partial charge in [-0.15, -0.1) is 0 Å². The first kappa shape index (κ1) is 15.3. The van der Waals surface area contributed by atoms with E-state index in [1.54, 1.807) is 0 Å². The largest absolute Gasteiger partial charge is 0.463 e. The molecular formula is C14H15NO5S. The normalized spacial score (nSPS) is 11.3. The molecule has 0 spiro atoms. The van der Waals surface area contributed by atoms with Crippen molar-refractivity contribution in [1.29, 1.82) is 0 Å². The number of carbonyl (C=O) groups excluding carboxylic acids is 1. The van der Waals surface area contributed by atoms with Crippen LogP contribution in [0.4, 0.5) is 0 Å². The lowest BCUT2D eigenvalue weighted by atomic mass is 10.1. The molecule has 0 saturated carbocycles. The number of rotatable bonds is 5. The molecular weight excluding hydrogens is 294 g/mol. The number of furan rings is 1. The summed E-state index contributed by atoms with van der Waals surface area (Å²) in [7, 11) is -2.63. The van der Waals surface area contributed by atoms with E-state index in [4.69, 9.17) is 4.42 Å². The van der Waals surface area contributed by atoms with E-state index in [0.717, 1.165) is 11.1 Å². The monoisotopic (exact) mass is 309 g/mol. The van der Waals surface area contributed by atoms with Gasteiger partial charge in [-0.05, 0) is 30.2 Å². The lowest BCUT2D eigenvalue weighted by Gasteiger charge is -2.07.